The summed E-state index contributed by atoms with van der Waals surface area (Å²) in [6.45, 7) is 5.97. The van der Waals surface area contributed by atoms with Crippen molar-refractivity contribution < 1.29 is 19.1 Å². The van der Waals surface area contributed by atoms with E-state index in [9.17, 15) is 19.3 Å². The zero-order valence-electron chi connectivity index (χ0n) is 20.0. The first kappa shape index (κ1) is 25.4. The lowest BCUT2D eigenvalue weighted by molar-refractivity contribution is -0.118. The number of nitrogens with one attached hydrogen (secondary N) is 1. The van der Waals surface area contributed by atoms with Crippen LogP contribution in [0.3, 0.4) is 0 Å². The summed E-state index contributed by atoms with van der Waals surface area (Å²) >= 11 is 0. The first-order valence-electron chi connectivity index (χ1n) is 11.8. The molecule has 1 aromatic rings. The summed E-state index contributed by atoms with van der Waals surface area (Å²) < 4.78 is 5.79. The molecule has 1 heterocycles. The number of hydrogen-bond acceptors (Lipinski definition) is 7. The monoisotopic (exact) mass is 474 g/mol. The van der Waals surface area contributed by atoms with Gasteiger partial charge in [0.05, 0.1) is 12.5 Å². The Morgan fingerprint density at radius 3 is 2.53 bits per heavy atom. The van der Waals surface area contributed by atoms with Gasteiger partial charge in [-0.3, -0.25) is 9.69 Å². The minimum absolute atomic E-state index is 0.0314. The number of nitrogens with two attached hydrogens (primary N) is 1. The molecule has 0 spiro atoms. The Morgan fingerprint density at radius 2 is 1.91 bits per heavy atom. The molecule has 2 fully saturated rings. The standard InChI is InChI=1S/C23H34N6O5/c1-15(2)34-19-10-9-18(13-16(19)3)25-21-28(14-17-7-5-4-6-8-17)22(31)27(23(32)29(21)24)12-11-20(30)26-33/h9-10,13,15,17,21,25H,4-8,11-12,14,24H2,1-3H3. The van der Waals surface area contributed by atoms with Crippen LogP contribution in [0.25, 0.3) is 0 Å². The Kier molecular flexibility index (Phi) is 8.43. The number of urea groups is 2. The van der Waals surface area contributed by atoms with E-state index in [1.54, 1.807) is 0 Å². The van der Waals surface area contributed by atoms with Gasteiger partial charge in [0.15, 0.2) is 6.29 Å². The summed E-state index contributed by atoms with van der Waals surface area (Å²) in [5.74, 6) is 6.29. The summed E-state index contributed by atoms with van der Waals surface area (Å²) in [5.41, 5.74) is 1.58. The average molecular weight is 475 g/mol. The van der Waals surface area contributed by atoms with Crippen LogP contribution in [-0.4, -0.2) is 58.3 Å². The molecule has 34 heavy (non-hydrogen) atoms. The lowest BCUT2D eigenvalue weighted by Crippen LogP contribution is -2.71. The van der Waals surface area contributed by atoms with Gasteiger partial charge in [-0.1, -0.05) is 19.3 Å². The predicted molar refractivity (Wildman–Crippen MR) is 127 cm³/mol. The van der Waals surface area contributed by atoms with Gasteiger partial charge in [0.2, 0.25) is 0 Å². The third kappa shape index (κ3) is 6.02. The van der Waals surface area contributed by atoms with Gasteiger partial charge < -0.3 is 10.1 Å². The molecule has 11 heteroatoms. The van der Waals surface area contributed by atoms with Gasteiger partial charge in [-0.15, -0.1) is 4.91 Å². The summed E-state index contributed by atoms with van der Waals surface area (Å²) in [7, 11) is 0. The van der Waals surface area contributed by atoms with Crippen molar-refractivity contribution in [2.75, 3.05) is 18.4 Å². The number of carbonyl (C=O) groups excluding carboxylic acids is 3. The Morgan fingerprint density at radius 1 is 1.21 bits per heavy atom. The Hall–Kier alpha value is -3.21. The van der Waals surface area contributed by atoms with E-state index in [1.165, 1.54) is 11.3 Å². The minimum atomic E-state index is -0.928. The van der Waals surface area contributed by atoms with Gasteiger partial charge in [-0.25, -0.2) is 25.3 Å². The Balaban J connectivity index is 1.84. The third-order valence-electron chi connectivity index (χ3n) is 6.15. The molecular formula is C23H34N6O5. The third-order valence-corrected chi connectivity index (χ3v) is 6.15. The van der Waals surface area contributed by atoms with Crippen LogP contribution >= 0.6 is 0 Å². The van der Waals surface area contributed by atoms with Gasteiger partial charge >= 0.3 is 12.1 Å². The number of anilines is 1. The number of hydrazine groups is 1. The zero-order chi connectivity index (χ0) is 24.8. The van der Waals surface area contributed by atoms with Crippen LogP contribution in [0.2, 0.25) is 0 Å². The van der Waals surface area contributed by atoms with Crippen LogP contribution < -0.4 is 15.9 Å². The smallest absolute Gasteiger partial charge is 0.345 e. The fourth-order valence-electron chi connectivity index (χ4n) is 4.43. The van der Waals surface area contributed by atoms with Crippen LogP contribution in [0.5, 0.6) is 5.75 Å². The van der Waals surface area contributed by atoms with E-state index in [0.717, 1.165) is 46.9 Å². The molecule has 2 aliphatic rings. The molecule has 0 radical (unpaired) electrons. The first-order valence-corrected chi connectivity index (χ1v) is 11.8. The summed E-state index contributed by atoms with van der Waals surface area (Å²) in [4.78, 5) is 50.5. The Bertz CT molecular complexity index is 917. The molecule has 3 rings (SSSR count). The number of rotatable bonds is 9. The van der Waals surface area contributed by atoms with Gasteiger partial charge in [0, 0.05) is 24.0 Å². The molecule has 186 valence electrons. The maximum Gasteiger partial charge on any atom is 0.345 e. The highest BCUT2D eigenvalue weighted by Crippen LogP contribution is 2.29. The quantitative estimate of drug-likeness (QED) is 0.316. The second-order valence-electron chi connectivity index (χ2n) is 9.18. The highest BCUT2D eigenvalue weighted by molar-refractivity contribution is 5.96. The van der Waals surface area contributed by atoms with E-state index in [1.807, 2.05) is 39.0 Å². The molecule has 1 atom stereocenters. The van der Waals surface area contributed by atoms with E-state index < -0.39 is 24.3 Å². The molecule has 11 nitrogen and oxygen atoms in total. The molecule has 1 aromatic carbocycles. The number of imide groups is 1. The van der Waals surface area contributed by atoms with Crippen LogP contribution in [0.15, 0.2) is 23.4 Å². The summed E-state index contributed by atoms with van der Waals surface area (Å²) in [6, 6.07) is 4.22. The maximum atomic E-state index is 13.4. The second-order valence-corrected chi connectivity index (χ2v) is 9.18. The van der Waals surface area contributed by atoms with Gasteiger partial charge in [-0.2, -0.15) is 0 Å². The van der Waals surface area contributed by atoms with Gasteiger partial charge in [0.25, 0.3) is 5.91 Å². The molecule has 3 N–H and O–H groups in total. The van der Waals surface area contributed by atoms with Crippen molar-refractivity contribution in [2.45, 2.75) is 71.7 Å². The summed E-state index contributed by atoms with van der Waals surface area (Å²) in [5, 5.41) is 6.51. The topological polar surface area (TPSA) is 138 Å². The minimum Gasteiger partial charge on any atom is -0.491 e. The van der Waals surface area contributed by atoms with Crippen molar-refractivity contribution in [3.05, 3.63) is 28.7 Å². The molecule has 1 saturated heterocycles. The van der Waals surface area contributed by atoms with Gasteiger partial charge in [0.1, 0.15) is 5.75 Å². The van der Waals surface area contributed by atoms with Crippen LogP contribution in [0.1, 0.15) is 57.9 Å². The molecule has 1 unspecified atom stereocenters. The van der Waals surface area contributed by atoms with E-state index in [2.05, 4.69) is 10.5 Å². The number of carbonyl (C=O) groups is 3. The largest absolute Gasteiger partial charge is 0.491 e. The number of nitrogens with zero attached hydrogens (tertiary/aromatic N) is 4. The van der Waals surface area contributed by atoms with Crippen molar-refractivity contribution >= 4 is 23.7 Å². The molecule has 0 bridgehead atoms. The number of ether oxygens (including phenoxy) is 1. The number of amides is 5. The van der Waals surface area contributed by atoms with Crippen molar-refractivity contribution in [3.8, 4) is 5.75 Å². The highest BCUT2D eigenvalue weighted by atomic mass is 16.5. The van der Waals surface area contributed by atoms with Crippen molar-refractivity contribution in [1.82, 2.24) is 14.8 Å². The number of benzene rings is 1. The molecule has 5 amide bonds. The second kappa shape index (κ2) is 11.3. The fourth-order valence-corrected chi connectivity index (χ4v) is 4.43. The lowest BCUT2D eigenvalue weighted by atomic mass is 9.89. The number of aryl methyl sites for hydroxylation is 1. The van der Waals surface area contributed by atoms with E-state index in [0.29, 0.717) is 12.2 Å². The molecule has 1 aliphatic carbocycles. The van der Waals surface area contributed by atoms with E-state index in [4.69, 9.17) is 10.6 Å². The van der Waals surface area contributed by atoms with E-state index in [-0.39, 0.29) is 25.0 Å². The number of hydrogen-bond donors (Lipinski definition) is 2. The Labute approximate surface area is 199 Å². The molecule has 0 aromatic heterocycles. The molecule has 1 aliphatic heterocycles. The predicted octanol–water partition coefficient (Wildman–Crippen LogP) is 3.77. The lowest BCUT2D eigenvalue weighted by Gasteiger charge is -2.46. The zero-order valence-corrected chi connectivity index (χ0v) is 20.0. The van der Waals surface area contributed by atoms with Crippen molar-refractivity contribution in [3.63, 3.8) is 0 Å². The highest BCUT2D eigenvalue weighted by Gasteiger charge is 2.44. The number of nitroso groups, excluding NO2 is 1. The molecular weight excluding hydrogens is 440 g/mol. The normalized spacial score (nSPS) is 19.6. The van der Waals surface area contributed by atoms with Crippen molar-refractivity contribution in [2.24, 2.45) is 16.9 Å². The fraction of sp³-hybridized carbons (Fsp3) is 0.609. The first-order chi connectivity index (χ1) is 16.2. The maximum absolute atomic E-state index is 13.4. The SMILES string of the molecule is Cc1cc(NC2N(N)C(=O)N(CCC(=O)N=O)C(=O)N2CC2CCCCC2)ccc1OC(C)C. The molecule has 1 saturated carbocycles. The van der Waals surface area contributed by atoms with Gasteiger partial charge in [-0.05, 0) is 63.3 Å². The van der Waals surface area contributed by atoms with Crippen molar-refractivity contribution in [1.29, 1.82) is 0 Å². The van der Waals surface area contributed by atoms with Crippen LogP contribution in [0, 0.1) is 17.7 Å². The van der Waals surface area contributed by atoms with Crippen LogP contribution in [-0.2, 0) is 4.79 Å². The summed E-state index contributed by atoms with van der Waals surface area (Å²) in [6.07, 6.45) is 4.11. The van der Waals surface area contributed by atoms with Crippen LogP contribution in [0.4, 0.5) is 15.3 Å². The average Bonchev–Trinajstić information content (AvgIpc) is 2.81. The van der Waals surface area contributed by atoms with E-state index >= 15 is 0 Å².